The monoisotopic (exact) mass is 959 g/mol. The van der Waals surface area contributed by atoms with Crippen molar-refractivity contribution in [3.05, 3.63) is 293 Å². The Bertz CT molecular complexity index is 4180. The molecule has 0 N–H and O–H groups in total. The first-order valence-corrected chi connectivity index (χ1v) is 26.4. The summed E-state index contributed by atoms with van der Waals surface area (Å²) in [6.07, 6.45) is 0. The summed E-state index contributed by atoms with van der Waals surface area (Å²) in [4.78, 5) is 2.48. The zero-order chi connectivity index (χ0) is 50.2. The minimum absolute atomic E-state index is 0.135. The van der Waals surface area contributed by atoms with Crippen LogP contribution in [0.1, 0.15) is 72.2 Å². The van der Waals surface area contributed by atoms with E-state index in [4.69, 9.17) is 4.42 Å². The second-order valence-electron chi connectivity index (χ2n) is 21.9. The van der Waals surface area contributed by atoms with Crippen molar-refractivity contribution in [1.82, 2.24) is 0 Å². The Morgan fingerprint density at radius 1 is 0.307 bits per heavy atom. The highest BCUT2D eigenvalue weighted by Gasteiger charge is 2.47. The number of nitrogens with zero attached hydrogens (tertiary/aromatic N) is 1. The van der Waals surface area contributed by atoms with Gasteiger partial charge in [-0.15, -0.1) is 0 Å². The van der Waals surface area contributed by atoms with E-state index in [0.29, 0.717) is 0 Å². The average Bonchev–Trinajstić information content (AvgIpc) is 4.13. The Morgan fingerprint density at radius 3 is 1.43 bits per heavy atom. The van der Waals surface area contributed by atoms with Crippen LogP contribution in [0.2, 0.25) is 0 Å². The quantitative estimate of drug-likeness (QED) is 0.158. The number of para-hydroxylation sites is 2. The topological polar surface area (TPSA) is 16.4 Å². The summed E-state index contributed by atoms with van der Waals surface area (Å²) in [6, 6.07) is 92.7. The van der Waals surface area contributed by atoms with Gasteiger partial charge in [0.05, 0.1) is 5.41 Å². The predicted molar refractivity (Wildman–Crippen MR) is 312 cm³/mol. The average molecular weight is 960 g/mol. The fourth-order valence-electron chi connectivity index (χ4n) is 13.8. The van der Waals surface area contributed by atoms with E-state index in [1.54, 1.807) is 0 Å². The van der Waals surface area contributed by atoms with E-state index in [9.17, 15) is 0 Å². The van der Waals surface area contributed by atoms with Crippen molar-refractivity contribution >= 4 is 39.0 Å². The molecule has 0 amide bonds. The van der Waals surface area contributed by atoms with Crippen LogP contribution < -0.4 is 4.90 Å². The maximum Gasteiger partial charge on any atom is 0.143 e. The molecule has 1 heterocycles. The predicted octanol–water partition coefficient (Wildman–Crippen LogP) is 19.4. The molecule has 2 heteroatoms. The van der Waals surface area contributed by atoms with Crippen LogP contribution in [0.4, 0.5) is 17.1 Å². The van der Waals surface area contributed by atoms with Gasteiger partial charge in [-0.1, -0.05) is 234 Å². The molecular formula is C73H53NO. The molecule has 1 unspecified atom stereocenters. The van der Waals surface area contributed by atoms with Crippen LogP contribution >= 0.6 is 0 Å². The Balaban J connectivity index is 0.872. The standard InChI is InChI=1S/C73H53NO/c1-71(2)62-27-12-8-20-55(62)57-42-40-51(44-66(57)71)74(52-41-43-58-56-21-9-13-28-63(56)72(3,4)67(58)45-52)50-38-34-46(35-39-50)53-24-17-30-65-69(53)61-23-10-14-29-64(61)73(65,48-18-6-5-7-19-48)49-36-32-47(33-37-49)54-25-16-26-60-59-22-11-15-31-68(59)75-70(54)60/h5-45H,1-4H3. The minimum Gasteiger partial charge on any atom is -0.455 e. The number of furan rings is 1. The summed E-state index contributed by atoms with van der Waals surface area (Å²) < 4.78 is 6.54. The highest BCUT2D eigenvalue weighted by Crippen LogP contribution is 2.59. The first-order chi connectivity index (χ1) is 36.7. The molecule has 356 valence electrons. The van der Waals surface area contributed by atoms with Gasteiger partial charge in [0.2, 0.25) is 0 Å². The number of hydrogen-bond acceptors (Lipinski definition) is 2. The second-order valence-corrected chi connectivity index (χ2v) is 21.9. The van der Waals surface area contributed by atoms with Crippen molar-refractivity contribution < 1.29 is 4.42 Å². The SMILES string of the molecule is CC1(C)c2ccccc2-c2ccc(N(c3ccc(-c4cccc5c4-c4ccccc4C5(c4ccccc4)c4ccc(-c5cccc6c5oc5ccccc56)cc4)cc3)c3ccc4c(c3)C(C)(C)c3ccccc3-4)cc21. The Hall–Kier alpha value is -8.98. The molecule has 0 aliphatic heterocycles. The third-order valence-electron chi connectivity index (χ3n) is 17.4. The van der Waals surface area contributed by atoms with Crippen molar-refractivity contribution in [3.63, 3.8) is 0 Å². The second kappa shape index (κ2) is 16.0. The molecule has 0 saturated heterocycles. The van der Waals surface area contributed by atoms with E-state index >= 15 is 0 Å². The fourth-order valence-corrected chi connectivity index (χ4v) is 13.8. The molecule has 3 aliphatic rings. The van der Waals surface area contributed by atoms with Gasteiger partial charge in [0, 0.05) is 44.2 Å². The maximum absolute atomic E-state index is 6.54. The van der Waals surface area contributed by atoms with Crippen LogP contribution in [0, 0.1) is 0 Å². The third-order valence-corrected chi connectivity index (χ3v) is 17.4. The Morgan fingerprint density at radius 2 is 0.760 bits per heavy atom. The van der Waals surface area contributed by atoms with Gasteiger partial charge in [-0.05, 0) is 137 Å². The lowest BCUT2D eigenvalue weighted by molar-refractivity contribution is 0.660. The molecule has 12 aromatic rings. The normalized spacial score (nSPS) is 16.0. The smallest absolute Gasteiger partial charge is 0.143 e. The van der Waals surface area contributed by atoms with E-state index in [-0.39, 0.29) is 10.8 Å². The van der Waals surface area contributed by atoms with Crippen LogP contribution in [0.3, 0.4) is 0 Å². The summed E-state index contributed by atoms with van der Waals surface area (Å²) in [6.45, 7) is 9.49. The van der Waals surface area contributed by atoms with E-state index in [2.05, 4.69) is 275 Å². The van der Waals surface area contributed by atoms with Gasteiger partial charge in [0.15, 0.2) is 0 Å². The molecular weight excluding hydrogens is 907 g/mol. The lowest BCUT2D eigenvalue weighted by Gasteiger charge is -2.34. The van der Waals surface area contributed by atoms with Gasteiger partial charge in [0.25, 0.3) is 0 Å². The first-order valence-electron chi connectivity index (χ1n) is 26.4. The van der Waals surface area contributed by atoms with Crippen LogP contribution in [-0.4, -0.2) is 0 Å². The van der Waals surface area contributed by atoms with Crippen molar-refractivity contribution in [2.75, 3.05) is 4.90 Å². The molecule has 15 rings (SSSR count). The molecule has 0 radical (unpaired) electrons. The summed E-state index contributed by atoms with van der Waals surface area (Å²) in [5, 5.41) is 2.28. The molecule has 2 nitrogen and oxygen atoms in total. The highest BCUT2D eigenvalue weighted by molar-refractivity contribution is 6.09. The van der Waals surface area contributed by atoms with Gasteiger partial charge in [-0.3, -0.25) is 0 Å². The van der Waals surface area contributed by atoms with Crippen LogP contribution in [0.25, 0.3) is 77.6 Å². The third kappa shape index (κ3) is 6.14. The van der Waals surface area contributed by atoms with Crippen molar-refractivity contribution in [1.29, 1.82) is 0 Å². The fraction of sp³-hybridized carbons (Fsp3) is 0.0959. The molecule has 75 heavy (non-hydrogen) atoms. The molecule has 1 aromatic heterocycles. The molecule has 0 fully saturated rings. The lowest BCUT2D eigenvalue weighted by atomic mass is 9.67. The van der Waals surface area contributed by atoms with E-state index in [1.165, 1.54) is 89.0 Å². The van der Waals surface area contributed by atoms with Crippen LogP contribution in [-0.2, 0) is 16.2 Å². The molecule has 3 aliphatic carbocycles. The van der Waals surface area contributed by atoms with E-state index < -0.39 is 5.41 Å². The molecule has 11 aromatic carbocycles. The molecule has 0 spiro atoms. The van der Waals surface area contributed by atoms with E-state index in [1.807, 2.05) is 6.07 Å². The number of benzene rings is 11. The Kier molecular flexibility index (Phi) is 9.30. The minimum atomic E-state index is -0.564. The van der Waals surface area contributed by atoms with Gasteiger partial charge in [0.1, 0.15) is 11.2 Å². The van der Waals surface area contributed by atoms with Crippen LogP contribution in [0.5, 0.6) is 0 Å². The van der Waals surface area contributed by atoms with Gasteiger partial charge in [-0.25, -0.2) is 0 Å². The summed E-state index contributed by atoms with van der Waals surface area (Å²) in [7, 11) is 0. The van der Waals surface area contributed by atoms with Crippen molar-refractivity contribution in [2.45, 2.75) is 43.9 Å². The number of anilines is 3. The number of hydrogen-bond donors (Lipinski definition) is 0. The lowest BCUT2D eigenvalue weighted by Crippen LogP contribution is -2.28. The van der Waals surface area contributed by atoms with Gasteiger partial charge >= 0.3 is 0 Å². The summed E-state index contributed by atoms with van der Waals surface area (Å²) in [5.74, 6) is 0. The molecule has 1 atom stereocenters. The van der Waals surface area contributed by atoms with Gasteiger partial charge < -0.3 is 9.32 Å². The zero-order valence-corrected chi connectivity index (χ0v) is 42.5. The van der Waals surface area contributed by atoms with Crippen LogP contribution in [0.15, 0.2) is 253 Å². The summed E-state index contributed by atoms with van der Waals surface area (Å²) in [5.41, 5.74) is 27.4. The van der Waals surface area contributed by atoms with Crippen molar-refractivity contribution in [3.8, 4) is 55.6 Å². The first kappa shape index (κ1) is 43.6. The molecule has 0 bridgehead atoms. The Labute approximate surface area is 438 Å². The summed E-state index contributed by atoms with van der Waals surface area (Å²) >= 11 is 0. The number of rotatable bonds is 7. The highest BCUT2D eigenvalue weighted by atomic mass is 16.3. The molecule has 0 saturated carbocycles. The van der Waals surface area contributed by atoms with Gasteiger partial charge in [-0.2, -0.15) is 0 Å². The zero-order valence-electron chi connectivity index (χ0n) is 42.5. The van der Waals surface area contributed by atoms with E-state index in [0.717, 1.165) is 50.1 Å². The van der Waals surface area contributed by atoms with Crippen molar-refractivity contribution in [2.24, 2.45) is 0 Å². The maximum atomic E-state index is 6.54. The number of fused-ring (bicyclic) bond motifs is 12. The largest absolute Gasteiger partial charge is 0.455 e.